The van der Waals surface area contributed by atoms with E-state index in [1.165, 1.54) is 0 Å². The maximum atomic E-state index is 9.20. The highest BCUT2D eigenvalue weighted by Gasteiger charge is 2.09. The first-order valence-electron chi connectivity index (χ1n) is 5.81. The monoisotopic (exact) mass is 226 g/mol. The van der Waals surface area contributed by atoms with E-state index in [-0.39, 0.29) is 12.5 Å². The van der Waals surface area contributed by atoms with Gasteiger partial charge in [0.2, 0.25) is 0 Å². The topological polar surface area (TPSA) is 33.4 Å². The summed E-state index contributed by atoms with van der Waals surface area (Å²) in [6.07, 6.45) is 0. The first kappa shape index (κ1) is 10.4. The van der Waals surface area contributed by atoms with Crippen LogP contribution in [0.1, 0.15) is 18.4 Å². The van der Waals surface area contributed by atoms with Crippen LogP contribution in [-0.4, -0.2) is 11.7 Å². The first-order valence-corrected chi connectivity index (χ1v) is 5.81. The Labute approximate surface area is 99.5 Å². The predicted octanol–water partition coefficient (Wildman–Crippen LogP) is 3.68. The van der Waals surface area contributed by atoms with E-state index in [1.807, 2.05) is 37.3 Å². The van der Waals surface area contributed by atoms with Gasteiger partial charge in [-0.05, 0) is 23.8 Å². The molecule has 0 radical (unpaired) electrons. The molecule has 0 spiro atoms. The fourth-order valence-electron chi connectivity index (χ4n) is 2.16. The zero-order valence-electron chi connectivity index (χ0n) is 9.68. The molecule has 0 bridgehead atoms. The van der Waals surface area contributed by atoms with Gasteiger partial charge in [-0.2, -0.15) is 0 Å². The highest BCUT2D eigenvalue weighted by Crippen LogP contribution is 2.30. The summed E-state index contributed by atoms with van der Waals surface area (Å²) in [4.78, 5) is 0. The number of hydrogen-bond acceptors (Lipinski definition) is 2. The number of furan rings is 1. The third-order valence-corrected chi connectivity index (χ3v) is 3.24. The minimum absolute atomic E-state index is 0.160. The van der Waals surface area contributed by atoms with Crippen LogP contribution in [-0.2, 0) is 0 Å². The quantitative estimate of drug-likeness (QED) is 0.723. The normalized spacial score (nSPS) is 13.3. The Balaban J connectivity index is 2.30. The molecule has 0 amide bonds. The maximum Gasteiger partial charge on any atom is 0.135 e. The molecule has 1 unspecified atom stereocenters. The van der Waals surface area contributed by atoms with Crippen LogP contribution in [0.15, 0.2) is 46.9 Å². The van der Waals surface area contributed by atoms with Crippen molar-refractivity contribution in [3.05, 3.63) is 48.0 Å². The van der Waals surface area contributed by atoms with Gasteiger partial charge in [0.25, 0.3) is 0 Å². The van der Waals surface area contributed by atoms with E-state index in [0.717, 1.165) is 27.5 Å². The van der Waals surface area contributed by atoms with Gasteiger partial charge in [0.15, 0.2) is 0 Å². The molecular formula is C15H14O2. The van der Waals surface area contributed by atoms with Gasteiger partial charge < -0.3 is 9.52 Å². The van der Waals surface area contributed by atoms with Crippen LogP contribution in [0.4, 0.5) is 0 Å². The number of hydrogen-bond donors (Lipinski definition) is 1. The van der Waals surface area contributed by atoms with Gasteiger partial charge in [-0.1, -0.05) is 31.2 Å². The van der Waals surface area contributed by atoms with Crippen LogP contribution in [0.5, 0.6) is 0 Å². The number of rotatable bonds is 2. The molecule has 3 aromatic rings. The summed E-state index contributed by atoms with van der Waals surface area (Å²) in [5.41, 5.74) is 2.96. The lowest BCUT2D eigenvalue weighted by Crippen LogP contribution is -1.97. The molecule has 0 saturated heterocycles. The molecule has 0 fully saturated rings. The number of benzene rings is 2. The molecule has 1 heterocycles. The summed E-state index contributed by atoms with van der Waals surface area (Å²) in [5.74, 6) is 0.160. The summed E-state index contributed by atoms with van der Waals surface area (Å²) < 4.78 is 5.76. The van der Waals surface area contributed by atoms with Crippen molar-refractivity contribution >= 4 is 21.9 Å². The summed E-state index contributed by atoms with van der Waals surface area (Å²) >= 11 is 0. The van der Waals surface area contributed by atoms with Gasteiger partial charge in [0.05, 0.1) is 0 Å². The highest BCUT2D eigenvalue weighted by molar-refractivity contribution is 6.04. The molecule has 2 nitrogen and oxygen atoms in total. The van der Waals surface area contributed by atoms with Gasteiger partial charge in [0, 0.05) is 23.3 Å². The van der Waals surface area contributed by atoms with E-state index in [9.17, 15) is 5.11 Å². The number of para-hydroxylation sites is 1. The summed E-state index contributed by atoms with van der Waals surface area (Å²) in [5, 5.41) is 11.5. The predicted molar refractivity (Wildman–Crippen MR) is 69.2 cm³/mol. The third kappa shape index (κ3) is 1.61. The van der Waals surface area contributed by atoms with Crippen molar-refractivity contribution in [1.82, 2.24) is 0 Å². The average molecular weight is 226 g/mol. The van der Waals surface area contributed by atoms with Crippen LogP contribution < -0.4 is 0 Å². The maximum absolute atomic E-state index is 9.20. The van der Waals surface area contributed by atoms with Crippen molar-refractivity contribution in [2.24, 2.45) is 0 Å². The van der Waals surface area contributed by atoms with Crippen molar-refractivity contribution in [2.75, 3.05) is 6.61 Å². The zero-order chi connectivity index (χ0) is 11.8. The van der Waals surface area contributed by atoms with Crippen LogP contribution in [0.2, 0.25) is 0 Å². The van der Waals surface area contributed by atoms with Crippen molar-refractivity contribution in [2.45, 2.75) is 12.8 Å². The second kappa shape index (κ2) is 3.90. The standard InChI is InChI=1S/C15H14O2/c1-10(9-16)11-6-7-15-13(8-11)12-4-2-3-5-14(12)17-15/h2-8,10,16H,9H2,1H3. The number of aliphatic hydroxyl groups is 1. The van der Waals surface area contributed by atoms with E-state index in [2.05, 4.69) is 12.1 Å². The summed E-state index contributed by atoms with van der Waals surface area (Å²) in [6.45, 7) is 2.19. The SMILES string of the molecule is CC(CO)c1ccc2oc3ccccc3c2c1. The molecule has 1 atom stereocenters. The van der Waals surface area contributed by atoms with Gasteiger partial charge >= 0.3 is 0 Å². The Kier molecular flexibility index (Phi) is 2.37. The van der Waals surface area contributed by atoms with Crippen molar-refractivity contribution in [1.29, 1.82) is 0 Å². The molecule has 17 heavy (non-hydrogen) atoms. The Morgan fingerprint density at radius 2 is 1.82 bits per heavy atom. The van der Waals surface area contributed by atoms with E-state index in [0.29, 0.717) is 0 Å². The lowest BCUT2D eigenvalue weighted by Gasteiger charge is -2.07. The minimum Gasteiger partial charge on any atom is -0.456 e. The Bertz CT molecular complexity index is 667. The van der Waals surface area contributed by atoms with E-state index in [4.69, 9.17) is 4.42 Å². The fourth-order valence-corrected chi connectivity index (χ4v) is 2.16. The molecule has 0 aliphatic rings. The van der Waals surface area contributed by atoms with Crippen LogP contribution >= 0.6 is 0 Å². The summed E-state index contributed by atoms with van der Waals surface area (Å²) in [6, 6.07) is 14.1. The van der Waals surface area contributed by atoms with E-state index < -0.39 is 0 Å². The van der Waals surface area contributed by atoms with Crippen molar-refractivity contribution < 1.29 is 9.52 Å². The van der Waals surface area contributed by atoms with Crippen LogP contribution in [0.25, 0.3) is 21.9 Å². The van der Waals surface area contributed by atoms with Crippen LogP contribution in [0.3, 0.4) is 0 Å². The largest absolute Gasteiger partial charge is 0.456 e. The molecule has 2 heteroatoms. The smallest absolute Gasteiger partial charge is 0.135 e. The molecule has 1 aromatic heterocycles. The number of fused-ring (bicyclic) bond motifs is 3. The van der Waals surface area contributed by atoms with Crippen molar-refractivity contribution in [3.8, 4) is 0 Å². The lowest BCUT2D eigenvalue weighted by atomic mass is 10.00. The lowest BCUT2D eigenvalue weighted by molar-refractivity contribution is 0.273. The van der Waals surface area contributed by atoms with E-state index in [1.54, 1.807) is 0 Å². The third-order valence-electron chi connectivity index (χ3n) is 3.24. The Hall–Kier alpha value is -1.80. The van der Waals surface area contributed by atoms with Gasteiger partial charge in [-0.25, -0.2) is 0 Å². The van der Waals surface area contributed by atoms with Gasteiger partial charge in [-0.15, -0.1) is 0 Å². The molecule has 0 aliphatic heterocycles. The van der Waals surface area contributed by atoms with Gasteiger partial charge in [0.1, 0.15) is 11.2 Å². The first-order chi connectivity index (χ1) is 8.29. The second-order valence-electron chi connectivity index (χ2n) is 4.44. The van der Waals surface area contributed by atoms with Crippen LogP contribution in [0, 0.1) is 0 Å². The second-order valence-corrected chi connectivity index (χ2v) is 4.44. The average Bonchev–Trinajstić information content (AvgIpc) is 2.75. The molecule has 0 saturated carbocycles. The highest BCUT2D eigenvalue weighted by atomic mass is 16.3. The molecule has 3 rings (SSSR count). The molecule has 86 valence electrons. The minimum atomic E-state index is 0.160. The Morgan fingerprint density at radius 3 is 2.65 bits per heavy atom. The molecule has 1 N–H and O–H groups in total. The van der Waals surface area contributed by atoms with Crippen molar-refractivity contribution in [3.63, 3.8) is 0 Å². The summed E-state index contributed by atoms with van der Waals surface area (Å²) in [7, 11) is 0. The van der Waals surface area contributed by atoms with E-state index >= 15 is 0 Å². The molecular weight excluding hydrogens is 212 g/mol. The zero-order valence-corrected chi connectivity index (χ0v) is 9.68. The number of aliphatic hydroxyl groups excluding tert-OH is 1. The molecule has 2 aromatic carbocycles. The fraction of sp³-hybridized carbons (Fsp3) is 0.200. The molecule has 0 aliphatic carbocycles. The van der Waals surface area contributed by atoms with Gasteiger partial charge in [-0.3, -0.25) is 0 Å². The Morgan fingerprint density at radius 1 is 1.06 bits per heavy atom.